The van der Waals surface area contributed by atoms with Gasteiger partial charge in [0.1, 0.15) is 0 Å². The highest BCUT2D eigenvalue weighted by molar-refractivity contribution is 6.31. The maximum absolute atomic E-state index is 11.5. The molecule has 2 N–H and O–H groups in total. The van der Waals surface area contributed by atoms with E-state index < -0.39 is 11.9 Å². The van der Waals surface area contributed by atoms with Crippen LogP contribution in [0.4, 0.5) is 0 Å². The number of nitrogens with one attached hydrogen (secondary N) is 1. The predicted octanol–water partition coefficient (Wildman–Crippen LogP) is 2.20. The van der Waals surface area contributed by atoms with E-state index in [1.165, 1.54) is 6.08 Å². The lowest BCUT2D eigenvalue weighted by Gasteiger charge is -2.13. The third-order valence-corrected chi connectivity index (χ3v) is 2.76. The average Bonchev–Trinajstić information content (AvgIpc) is 2.34. The third-order valence-electron chi connectivity index (χ3n) is 2.41. The minimum Gasteiger partial charge on any atom is -0.481 e. The standard InChI is InChI=1S/C13H14ClNO3/c1-2-7-15-12(16)8-10(13(17)18)9-5-3-4-6-11(9)14/h2-6,10H,1,7-8H2,(H,15,16)(H,17,18). The predicted molar refractivity (Wildman–Crippen MR) is 69.7 cm³/mol. The second-order valence-corrected chi connectivity index (χ2v) is 4.12. The molecule has 1 amide bonds. The number of rotatable bonds is 6. The van der Waals surface area contributed by atoms with Crippen molar-refractivity contribution in [3.8, 4) is 0 Å². The number of carboxylic acid groups (broad SMARTS) is 1. The smallest absolute Gasteiger partial charge is 0.311 e. The van der Waals surface area contributed by atoms with Crippen molar-refractivity contribution < 1.29 is 14.7 Å². The molecule has 1 unspecified atom stereocenters. The van der Waals surface area contributed by atoms with Crippen LogP contribution < -0.4 is 5.32 Å². The summed E-state index contributed by atoms with van der Waals surface area (Å²) in [4.78, 5) is 22.7. The molecular formula is C13H14ClNO3. The molecule has 0 bridgehead atoms. The number of carbonyl (C=O) groups excluding carboxylic acids is 1. The normalized spacial score (nSPS) is 11.6. The summed E-state index contributed by atoms with van der Waals surface area (Å²) in [6, 6.07) is 6.62. The van der Waals surface area contributed by atoms with E-state index in [0.717, 1.165) is 0 Å². The first-order chi connectivity index (χ1) is 8.56. The molecule has 1 aromatic rings. The molecule has 1 aromatic carbocycles. The molecule has 18 heavy (non-hydrogen) atoms. The molecule has 0 heterocycles. The van der Waals surface area contributed by atoms with Crippen LogP contribution in [0.3, 0.4) is 0 Å². The Morgan fingerprint density at radius 2 is 2.11 bits per heavy atom. The lowest BCUT2D eigenvalue weighted by Crippen LogP contribution is -2.27. The van der Waals surface area contributed by atoms with Crippen LogP contribution in [0.2, 0.25) is 5.02 Å². The van der Waals surface area contributed by atoms with E-state index in [2.05, 4.69) is 11.9 Å². The largest absolute Gasteiger partial charge is 0.481 e. The van der Waals surface area contributed by atoms with Gasteiger partial charge in [0.15, 0.2) is 0 Å². The summed E-state index contributed by atoms with van der Waals surface area (Å²) in [7, 11) is 0. The molecule has 0 fully saturated rings. The van der Waals surface area contributed by atoms with E-state index in [9.17, 15) is 9.59 Å². The van der Waals surface area contributed by atoms with Gasteiger partial charge in [-0.1, -0.05) is 35.9 Å². The topological polar surface area (TPSA) is 66.4 Å². The monoisotopic (exact) mass is 267 g/mol. The fourth-order valence-electron chi connectivity index (χ4n) is 1.53. The Morgan fingerprint density at radius 1 is 1.44 bits per heavy atom. The first-order valence-electron chi connectivity index (χ1n) is 5.41. The summed E-state index contributed by atoms with van der Waals surface area (Å²) < 4.78 is 0. The zero-order chi connectivity index (χ0) is 13.5. The summed E-state index contributed by atoms with van der Waals surface area (Å²) in [5.41, 5.74) is 0.445. The summed E-state index contributed by atoms with van der Waals surface area (Å²) in [6.45, 7) is 3.78. The van der Waals surface area contributed by atoms with Crippen molar-refractivity contribution in [3.05, 3.63) is 47.5 Å². The summed E-state index contributed by atoms with van der Waals surface area (Å²) >= 11 is 5.94. The molecule has 0 radical (unpaired) electrons. The molecular weight excluding hydrogens is 254 g/mol. The number of aliphatic carboxylic acids is 1. The zero-order valence-electron chi connectivity index (χ0n) is 9.73. The molecule has 0 aromatic heterocycles. The van der Waals surface area contributed by atoms with E-state index >= 15 is 0 Å². The van der Waals surface area contributed by atoms with Gasteiger partial charge < -0.3 is 10.4 Å². The minimum atomic E-state index is -1.07. The molecule has 96 valence electrons. The highest BCUT2D eigenvalue weighted by atomic mass is 35.5. The number of amides is 1. The average molecular weight is 268 g/mol. The second-order valence-electron chi connectivity index (χ2n) is 3.71. The molecule has 0 saturated carbocycles. The Hall–Kier alpha value is -1.81. The molecule has 0 saturated heterocycles. The molecule has 5 heteroatoms. The van der Waals surface area contributed by atoms with Crippen molar-refractivity contribution >= 4 is 23.5 Å². The Labute approximate surface area is 110 Å². The van der Waals surface area contributed by atoms with Crippen LogP contribution in [0.25, 0.3) is 0 Å². The summed E-state index contributed by atoms with van der Waals surface area (Å²) in [5, 5.41) is 12.1. The molecule has 0 aliphatic heterocycles. The molecule has 1 rings (SSSR count). The van der Waals surface area contributed by atoms with Crippen LogP contribution in [0, 0.1) is 0 Å². The van der Waals surface area contributed by atoms with E-state index in [-0.39, 0.29) is 12.3 Å². The quantitative estimate of drug-likeness (QED) is 0.777. The van der Waals surface area contributed by atoms with E-state index in [1.54, 1.807) is 24.3 Å². The number of carboxylic acids is 1. The van der Waals surface area contributed by atoms with E-state index in [1.807, 2.05) is 0 Å². The fraction of sp³-hybridized carbons (Fsp3) is 0.231. The van der Waals surface area contributed by atoms with Crippen LogP contribution >= 0.6 is 11.6 Å². The highest BCUT2D eigenvalue weighted by Crippen LogP contribution is 2.27. The number of carbonyl (C=O) groups is 2. The number of benzene rings is 1. The minimum absolute atomic E-state index is 0.146. The highest BCUT2D eigenvalue weighted by Gasteiger charge is 2.24. The van der Waals surface area contributed by atoms with Crippen LogP contribution in [0.1, 0.15) is 17.9 Å². The van der Waals surface area contributed by atoms with Crippen LogP contribution in [-0.2, 0) is 9.59 Å². The third kappa shape index (κ3) is 3.89. The van der Waals surface area contributed by atoms with Crippen molar-refractivity contribution in [2.24, 2.45) is 0 Å². The lowest BCUT2D eigenvalue weighted by atomic mass is 9.95. The summed E-state index contributed by atoms with van der Waals surface area (Å²) in [5.74, 6) is -2.36. The van der Waals surface area contributed by atoms with Crippen molar-refractivity contribution in [1.29, 1.82) is 0 Å². The second kappa shape index (κ2) is 6.81. The van der Waals surface area contributed by atoms with Gasteiger partial charge >= 0.3 is 5.97 Å². The zero-order valence-corrected chi connectivity index (χ0v) is 10.5. The summed E-state index contributed by atoms with van der Waals surface area (Å²) in [6.07, 6.45) is 1.38. The number of halogens is 1. The Morgan fingerprint density at radius 3 is 2.67 bits per heavy atom. The van der Waals surface area contributed by atoms with Gasteiger partial charge in [-0.15, -0.1) is 6.58 Å². The fourth-order valence-corrected chi connectivity index (χ4v) is 1.80. The molecule has 4 nitrogen and oxygen atoms in total. The molecule has 0 aliphatic rings. The van der Waals surface area contributed by atoms with E-state index in [4.69, 9.17) is 16.7 Å². The molecule has 0 aliphatic carbocycles. The number of hydrogen-bond acceptors (Lipinski definition) is 2. The Kier molecular flexibility index (Phi) is 5.39. The van der Waals surface area contributed by atoms with Crippen molar-refractivity contribution in [1.82, 2.24) is 5.32 Å². The van der Waals surface area contributed by atoms with Gasteiger partial charge in [0.2, 0.25) is 5.91 Å². The first-order valence-corrected chi connectivity index (χ1v) is 5.79. The Balaban J connectivity index is 2.84. The van der Waals surface area contributed by atoms with Gasteiger partial charge in [-0.05, 0) is 11.6 Å². The van der Waals surface area contributed by atoms with Gasteiger partial charge in [-0.25, -0.2) is 0 Å². The van der Waals surface area contributed by atoms with Crippen molar-refractivity contribution in [3.63, 3.8) is 0 Å². The molecule has 0 spiro atoms. The molecule has 1 atom stereocenters. The van der Waals surface area contributed by atoms with Crippen molar-refractivity contribution in [2.75, 3.05) is 6.54 Å². The maximum atomic E-state index is 11.5. The van der Waals surface area contributed by atoms with Gasteiger partial charge in [-0.3, -0.25) is 9.59 Å². The SMILES string of the molecule is C=CCNC(=O)CC(C(=O)O)c1ccccc1Cl. The van der Waals surface area contributed by atoms with E-state index in [0.29, 0.717) is 17.1 Å². The van der Waals surface area contributed by atoms with Crippen LogP contribution in [0.5, 0.6) is 0 Å². The first kappa shape index (κ1) is 14.3. The lowest BCUT2D eigenvalue weighted by molar-refractivity contribution is -0.140. The van der Waals surface area contributed by atoms with Gasteiger partial charge in [0.25, 0.3) is 0 Å². The van der Waals surface area contributed by atoms with Gasteiger partial charge in [-0.2, -0.15) is 0 Å². The number of hydrogen-bond donors (Lipinski definition) is 2. The van der Waals surface area contributed by atoms with Gasteiger partial charge in [0, 0.05) is 18.0 Å². The van der Waals surface area contributed by atoms with Crippen LogP contribution in [-0.4, -0.2) is 23.5 Å². The van der Waals surface area contributed by atoms with Crippen LogP contribution in [0.15, 0.2) is 36.9 Å². The Bertz CT molecular complexity index is 459. The van der Waals surface area contributed by atoms with Crippen molar-refractivity contribution in [2.45, 2.75) is 12.3 Å². The van der Waals surface area contributed by atoms with Gasteiger partial charge in [0.05, 0.1) is 5.92 Å². The maximum Gasteiger partial charge on any atom is 0.311 e.